The maximum Gasteiger partial charge on any atom is 0.310 e. The van der Waals surface area contributed by atoms with E-state index in [-0.39, 0.29) is 11.9 Å². The summed E-state index contributed by atoms with van der Waals surface area (Å²) >= 11 is 0. The molecule has 0 heterocycles. The lowest BCUT2D eigenvalue weighted by molar-refractivity contribution is -0.150. The number of hydrogen-bond donors (Lipinski definition) is 1. The van der Waals surface area contributed by atoms with Crippen LogP contribution in [-0.4, -0.2) is 19.1 Å². The minimum atomic E-state index is -0.0232. The van der Waals surface area contributed by atoms with Crippen molar-refractivity contribution in [3.63, 3.8) is 0 Å². The number of esters is 1. The molecule has 3 nitrogen and oxygen atoms in total. The zero-order valence-electron chi connectivity index (χ0n) is 13.0. The van der Waals surface area contributed by atoms with E-state index in [1.54, 1.807) is 0 Å². The van der Waals surface area contributed by atoms with Crippen molar-refractivity contribution in [2.24, 2.45) is 11.8 Å². The van der Waals surface area contributed by atoms with Gasteiger partial charge in [-0.25, -0.2) is 0 Å². The van der Waals surface area contributed by atoms with Gasteiger partial charge in [-0.1, -0.05) is 49.6 Å². The Labute approximate surface area is 128 Å². The summed E-state index contributed by atoms with van der Waals surface area (Å²) in [4.78, 5) is 12.2. The maximum atomic E-state index is 12.2. The minimum Gasteiger partial charge on any atom is -0.466 e. The predicted octanol–water partition coefficient (Wildman–Crippen LogP) is 3.54. The van der Waals surface area contributed by atoms with Crippen LogP contribution in [0.5, 0.6) is 0 Å². The van der Waals surface area contributed by atoms with E-state index in [9.17, 15) is 4.79 Å². The second kappa shape index (κ2) is 8.83. The van der Waals surface area contributed by atoms with Crippen LogP contribution in [0.15, 0.2) is 30.3 Å². The Kier molecular flexibility index (Phi) is 6.74. The van der Waals surface area contributed by atoms with Gasteiger partial charge in [0.05, 0.1) is 12.5 Å². The van der Waals surface area contributed by atoms with Gasteiger partial charge in [-0.15, -0.1) is 0 Å². The lowest BCUT2D eigenvalue weighted by Gasteiger charge is -2.29. The lowest BCUT2D eigenvalue weighted by Crippen LogP contribution is -2.36. The van der Waals surface area contributed by atoms with Crippen molar-refractivity contribution in [3.8, 4) is 0 Å². The van der Waals surface area contributed by atoms with Gasteiger partial charge in [0.2, 0.25) is 0 Å². The molecule has 0 saturated heterocycles. The summed E-state index contributed by atoms with van der Waals surface area (Å²) < 4.78 is 5.28. The first-order valence-electron chi connectivity index (χ1n) is 8.22. The van der Waals surface area contributed by atoms with E-state index < -0.39 is 0 Å². The summed E-state index contributed by atoms with van der Waals surface area (Å²) in [5, 5.41) is 3.44. The van der Waals surface area contributed by atoms with Gasteiger partial charge in [-0.2, -0.15) is 0 Å². The Morgan fingerprint density at radius 2 is 1.95 bits per heavy atom. The van der Waals surface area contributed by atoms with Gasteiger partial charge in [-0.05, 0) is 31.2 Å². The van der Waals surface area contributed by atoms with Gasteiger partial charge >= 0.3 is 5.97 Å². The molecule has 1 aliphatic rings. The van der Waals surface area contributed by atoms with Gasteiger partial charge in [0.1, 0.15) is 0 Å². The third-order valence-corrected chi connectivity index (χ3v) is 4.34. The summed E-state index contributed by atoms with van der Waals surface area (Å²) in [7, 11) is 0. The molecule has 1 aromatic carbocycles. The summed E-state index contributed by atoms with van der Waals surface area (Å²) in [6.07, 6.45) is 6.13. The summed E-state index contributed by atoms with van der Waals surface area (Å²) in [6.45, 7) is 3.88. The molecule has 1 aliphatic carbocycles. The molecule has 0 spiro atoms. The van der Waals surface area contributed by atoms with Crippen molar-refractivity contribution in [3.05, 3.63) is 35.9 Å². The summed E-state index contributed by atoms with van der Waals surface area (Å²) in [5.74, 6) is 0.472. The van der Waals surface area contributed by atoms with Crippen LogP contribution in [0.3, 0.4) is 0 Å². The molecule has 116 valence electrons. The van der Waals surface area contributed by atoms with Crippen LogP contribution in [0.2, 0.25) is 0 Å². The van der Waals surface area contributed by atoms with Gasteiger partial charge in [-0.3, -0.25) is 4.79 Å². The number of carbonyl (C=O) groups is 1. The van der Waals surface area contributed by atoms with E-state index in [4.69, 9.17) is 4.74 Å². The van der Waals surface area contributed by atoms with Crippen LogP contribution < -0.4 is 5.32 Å². The third-order valence-electron chi connectivity index (χ3n) is 4.34. The van der Waals surface area contributed by atoms with Crippen LogP contribution >= 0.6 is 0 Å². The first kappa shape index (κ1) is 16.0. The monoisotopic (exact) mass is 289 g/mol. The van der Waals surface area contributed by atoms with E-state index in [1.807, 2.05) is 25.1 Å². The Hall–Kier alpha value is -1.35. The number of ether oxygens (including phenoxy) is 1. The Morgan fingerprint density at radius 3 is 2.62 bits per heavy atom. The van der Waals surface area contributed by atoms with Crippen LogP contribution in [0.25, 0.3) is 0 Å². The van der Waals surface area contributed by atoms with Crippen molar-refractivity contribution < 1.29 is 9.53 Å². The van der Waals surface area contributed by atoms with Crippen molar-refractivity contribution in [2.75, 3.05) is 13.2 Å². The highest BCUT2D eigenvalue weighted by Gasteiger charge is 2.30. The van der Waals surface area contributed by atoms with E-state index in [0.29, 0.717) is 12.5 Å². The van der Waals surface area contributed by atoms with Gasteiger partial charge < -0.3 is 10.1 Å². The first-order chi connectivity index (χ1) is 10.3. The van der Waals surface area contributed by atoms with Gasteiger partial charge in [0.15, 0.2) is 0 Å². The van der Waals surface area contributed by atoms with E-state index in [2.05, 4.69) is 17.4 Å². The zero-order valence-corrected chi connectivity index (χ0v) is 13.0. The quantitative estimate of drug-likeness (QED) is 0.780. The fraction of sp³-hybridized carbons (Fsp3) is 0.611. The second-order valence-electron chi connectivity index (χ2n) is 5.87. The summed E-state index contributed by atoms with van der Waals surface area (Å²) in [6, 6.07) is 10.3. The largest absolute Gasteiger partial charge is 0.466 e. The average Bonchev–Trinajstić information content (AvgIpc) is 2.53. The van der Waals surface area contributed by atoms with Crippen LogP contribution in [0, 0.1) is 11.8 Å². The molecule has 1 atom stereocenters. The fourth-order valence-electron chi connectivity index (χ4n) is 3.20. The highest BCUT2D eigenvalue weighted by atomic mass is 16.5. The third kappa shape index (κ3) is 5.16. The Balaban J connectivity index is 1.87. The molecular weight excluding hydrogens is 262 g/mol. The topological polar surface area (TPSA) is 38.3 Å². The van der Waals surface area contributed by atoms with Gasteiger partial charge in [0.25, 0.3) is 0 Å². The molecule has 0 amide bonds. The number of hydrogen-bond acceptors (Lipinski definition) is 3. The Bertz CT molecular complexity index is 412. The molecular formula is C18H27NO2. The minimum absolute atomic E-state index is 0.00830. The van der Waals surface area contributed by atoms with Crippen LogP contribution in [0.4, 0.5) is 0 Å². The molecule has 1 aromatic rings. The molecule has 21 heavy (non-hydrogen) atoms. The lowest BCUT2D eigenvalue weighted by atomic mass is 9.80. The highest BCUT2D eigenvalue weighted by molar-refractivity contribution is 5.73. The number of rotatable bonds is 7. The molecule has 0 bridgehead atoms. The molecule has 1 saturated carbocycles. The van der Waals surface area contributed by atoms with Crippen molar-refractivity contribution in [1.82, 2.24) is 5.32 Å². The molecule has 1 fully saturated rings. The van der Waals surface area contributed by atoms with E-state index in [0.717, 1.165) is 25.9 Å². The highest BCUT2D eigenvalue weighted by Crippen LogP contribution is 2.30. The number of carbonyl (C=O) groups excluding carboxylic acids is 1. The van der Waals surface area contributed by atoms with Crippen LogP contribution in [0.1, 0.15) is 44.6 Å². The zero-order chi connectivity index (χ0) is 14.9. The predicted molar refractivity (Wildman–Crippen MR) is 84.8 cm³/mol. The molecule has 3 heteroatoms. The molecule has 0 aliphatic heterocycles. The first-order valence-corrected chi connectivity index (χ1v) is 8.22. The van der Waals surface area contributed by atoms with Crippen molar-refractivity contribution in [2.45, 2.75) is 45.6 Å². The average molecular weight is 289 g/mol. The Morgan fingerprint density at radius 1 is 1.24 bits per heavy atom. The summed E-state index contributed by atoms with van der Waals surface area (Å²) in [5.41, 5.74) is 1.25. The molecule has 2 rings (SSSR count). The van der Waals surface area contributed by atoms with Gasteiger partial charge in [0, 0.05) is 13.1 Å². The molecule has 1 unspecified atom stereocenters. The maximum absolute atomic E-state index is 12.2. The number of nitrogens with one attached hydrogen (secondary N) is 1. The standard InChI is InChI=1S/C18H27NO2/c1-2-21-18(20)17(16-11-7-4-8-12-16)14-19-13-15-9-5-3-6-10-15/h3,5-6,9-10,16-17,19H,2,4,7-8,11-14H2,1H3. The molecule has 0 radical (unpaired) electrons. The van der Waals surface area contributed by atoms with Crippen molar-refractivity contribution in [1.29, 1.82) is 0 Å². The second-order valence-corrected chi connectivity index (χ2v) is 5.87. The fourth-order valence-corrected chi connectivity index (χ4v) is 3.20. The SMILES string of the molecule is CCOC(=O)C(CNCc1ccccc1)C1CCCCC1. The molecule has 1 N–H and O–H groups in total. The normalized spacial score (nSPS) is 17.4. The number of benzene rings is 1. The van der Waals surface area contributed by atoms with Crippen LogP contribution in [-0.2, 0) is 16.1 Å². The van der Waals surface area contributed by atoms with Crippen molar-refractivity contribution >= 4 is 5.97 Å². The van der Waals surface area contributed by atoms with E-state index >= 15 is 0 Å². The van der Waals surface area contributed by atoms with E-state index in [1.165, 1.54) is 24.8 Å². The smallest absolute Gasteiger partial charge is 0.310 e. The molecule has 0 aromatic heterocycles.